The van der Waals surface area contributed by atoms with Crippen molar-refractivity contribution in [2.24, 2.45) is 0 Å². The second-order valence-electron chi connectivity index (χ2n) is 8.34. The standard InChI is InChI=1S/C27H25FN2O4/c28-20-3-5-21(6-4-20)30-13-11-29(12-14-30)15-16-33-23-9-10-24-26(17-23)34-18-25(27(24)32)19-1-7-22(31)8-2-19/h1-10,17-18,31H,11-16H2. The highest BCUT2D eigenvalue weighted by atomic mass is 19.1. The minimum absolute atomic E-state index is 0.127. The largest absolute Gasteiger partial charge is 0.508 e. The number of rotatable bonds is 6. The fourth-order valence-electron chi connectivity index (χ4n) is 4.21. The summed E-state index contributed by atoms with van der Waals surface area (Å²) in [6, 6.07) is 18.3. The van der Waals surface area contributed by atoms with Gasteiger partial charge in [0.05, 0.1) is 10.9 Å². The summed E-state index contributed by atoms with van der Waals surface area (Å²) in [5.41, 5.74) is 2.52. The summed E-state index contributed by atoms with van der Waals surface area (Å²) in [7, 11) is 0. The molecule has 7 heteroatoms. The molecule has 3 aromatic carbocycles. The first-order valence-electron chi connectivity index (χ1n) is 11.3. The number of nitrogens with zero attached hydrogens (tertiary/aromatic N) is 2. The third kappa shape index (κ3) is 4.75. The molecule has 6 nitrogen and oxygen atoms in total. The third-order valence-electron chi connectivity index (χ3n) is 6.16. The van der Waals surface area contributed by atoms with Crippen molar-refractivity contribution in [2.75, 3.05) is 44.2 Å². The van der Waals surface area contributed by atoms with Crippen LogP contribution in [0.4, 0.5) is 10.1 Å². The molecule has 34 heavy (non-hydrogen) atoms. The van der Waals surface area contributed by atoms with Gasteiger partial charge in [0, 0.05) is 44.5 Å². The molecule has 1 aliphatic heterocycles. The maximum Gasteiger partial charge on any atom is 0.200 e. The summed E-state index contributed by atoms with van der Waals surface area (Å²) < 4.78 is 24.8. The molecule has 0 atom stereocenters. The molecule has 4 aromatic rings. The highest BCUT2D eigenvalue weighted by Crippen LogP contribution is 2.24. The number of hydrogen-bond acceptors (Lipinski definition) is 6. The van der Waals surface area contributed by atoms with Crippen molar-refractivity contribution in [2.45, 2.75) is 0 Å². The van der Waals surface area contributed by atoms with Crippen LogP contribution in [0, 0.1) is 5.82 Å². The van der Waals surface area contributed by atoms with Gasteiger partial charge in [0.2, 0.25) is 0 Å². The van der Waals surface area contributed by atoms with Gasteiger partial charge in [-0.25, -0.2) is 4.39 Å². The summed E-state index contributed by atoms with van der Waals surface area (Å²) in [6.07, 6.45) is 1.45. The summed E-state index contributed by atoms with van der Waals surface area (Å²) in [6.45, 7) is 4.91. The summed E-state index contributed by atoms with van der Waals surface area (Å²) in [4.78, 5) is 17.5. The van der Waals surface area contributed by atoms with E-state index in [-0.39, 0.29) is 17.0 Å². The maximum absolute atomic E-state index is 13.1. The number of piperazine rings is 1. The highest BCUT2D eigenvalue weighted by Gasteiger charge is 2.17. The molecule has 1 aliphatic rings. The number of fused-ring (bicyclic) bond motifs is 1. The normalized spacial score (nSPS) is 14.4. The van der Waals surface area contributed by atoms with E-state index < -0.39 is 0 Å². The Kier molecular flexibility index (Phi) is 6.18. The van der Waals surface area contributed by atoms with Gasteiger partial charge in [-0.1, -0.05) is 12.1 Å². The predicted molar refractivity (Wildman–Crippen MR) is 130 cm³/mol. The van der Waals surface area contributed by atoms with Crippen LogP contribution in [0.5, 0.6) is 11.5 Å². The van der Waals surface area contributed by atoms with Crippen LogP contribution in [-0.2, 0) is 0 Å². The van der Waals surface area contributed by atoms with Crippen LogP contribution >= 0.6 is 0 Å². The molecule has 0 spiro atoms. The Morgan fingerprint density at radius 3 is 2.41 bits per heavy atom. The van der Waals surface area contributed by atoms with Gasteiger partial charge in [-0.05, 0) is 54.1 Å². The zero-order chi connectivity index (χ0) is 23.5. The van der Waals surface area contributed by atoms with Gasteiger partial charge in [-0.15, -0.1) is 0 Å². The molecule has 1 aromatic heterocycles. The number of phenolic OH excluding ortho intramolecular Hbond substituents is 1. The fourth-order valence-corrected chi connectivity index (χ4v) is 4.21. The van der Waals surface area contributed by atoms with E-state index in [9.17, 15) is 14.3 Å². The van der Waals surface area contributed by atoms with Gasteiger partial charge in [-0.2, -0.15) is 0 Å². The summed E-state index contributed by atoms with van der Waals surface area (Å²) in [5.74, 6) is 0.578. The topological polar surface area (TPSA) is 66.2 Å². The van der Waals surface area contributed by atoms with Crippen molar-refractivity contribution >= 4 is 16.7 Å². The predicted octanol–water partition coefficient (Wildman–Crippen LogP) is 4.51. The van der Waals surface area contributed by atoms with Crippen molar-refractivity contribution in [3.8, 4) is 22.6 Å². The number of phenols is 1. The lowest BCUT2D eigenvalue weighted by Crippen LogP contribution is -2.47. The van der Waals surface area contributed by atoms with E-state index in [1.807, 2.05) is 12.1 Å². The molecule has 2 heterocycles. The van der Waals surface area contributed by atoms with Gasteiger partial charge in [0.1, 0.15) is 35.8 Å². The molecule has 5 rings (SSSR count). The molecular weight excluding hydrogens is 435 g/mol. The van der Waals surface area contributed by atoms with Crippen LogP contribution in [0.3, 0.4) is 0 Å². The van der Waals surface area contributed by atoms with Crippen molar-refractivity contribution < 1.29 is 18.7 Å². The minimum Gasteiger partial charge on any atom is -0.508 e. The first-order valence-corrected chi connectivity index (χ1v) is 11.3. The highest BCUT2D eigenvalue weighted by molar-refractivity contribution is 5.82. The van der Waals surface area contributed by atoms with E-state index in [1.165, 1.54) is 18.4 Å². The molecular formula is C27H25FN2O4. The third-order valence-corrected chi connectivity index (χ3v) is 6.16. The molecule has 1 fully saturated rings. The van der Waals surface area contributed by atoms with E-state index in [1.54, 1.807) is 42.5 Å². The molecule has 0 unspecified atom stereocenters. The lowest BCUT2D eigenvalue weighted by atomic mass is 10.1. The molecule has 0 bridgehead atoms. The first-order chi connectivity index (χ1) is 16.6. The number of hydrogen-bond donors (Lipinski definition) is 1. The zero-order valence-corrected chi connectivity index (χ0v) is 18.6. The van der Waals surface area contributed by atoms with E-state index in [0.717, 1.165) is 38.4 Å². The molecule has 174 valence electrons. The Balaban J connectivity index is 1.17. The Bertz CT molecular complexity index is 1330. The second-order valence-corrected chi connectivity index (χ2v) is 8.34. The Hall–Kier alpha value is -3.84. The lowest BCUT2D eigenvalue weighted by Gasteiger charge is -2.36. The number of aromatic hydroxyl groups is 1. The van der Waals surface area contributed by atoms with Crippen LogP contribution in [-0.4, -0.2) is 49.3 Å². The van der Waals surface area contributed by atoms with Gasteiger partial charge < -0.3 is 19.2 Å². The van der Waals surface area contributed by atoms with Crippen LogP contribution in [0.15, 0.2) is 82.2 Å². The van der Waals surface area contributed by atoms with Crippen molar-refractivity contribution in [1.82, 2.24) is 4.90 Å². The van der Waals surface area contributed by atoms with E-state index in [0.29, 0.717) is 34.5 Å². The second kappa shape index (κ2) is 9.57. The van der Waals surface area contributed by atoms with E-state index in [4.69, 9.17) is 9.15 Å². The van der Waals surface area contributed by atoms with Crippen LogP contribution in [0.1, 0.15) is 0 Å². The fraction of sp³-hybridized carbons (Fsp3) is 0.222. The Labute approximate surface area is 196 Å². The first kappa shape index (κ1) is 22.0. The molecule has 1 N–H and O–H groups in total. The van der Waals surface area contributed by atoms with Crippen LogP contribution in [0.2, 0.25) is 0 Å². The molecule has 0 aliphatic carbocycles. The number of ether oxygens (including phenoxy) is 1. The summed E-state index contributed by atoms with van der Waals surface area (Å²) in [5, 5.41) is 9.95. The average molecular weight is 461 g/mol. The van der Waals surface area contributed by atoms with Crippen molar-refractivity contribution in [3.05, 3.63) is 89.0 Å². The van der Waals surface area contributed by atoms with E-state index in [2.05, 4.69) is 9.80 Å². The number of halogens is 1. The van der Waals surface area contributed by atoms with Gasteiger partial charge in [0.25, 0.3) is 0 Å². The van der Waals surface area contributed by atoms with Gasteiger partial charge in [0.15, 0.2) is 5.43 Å². The molecule has 0 saturated carbocycles. The van der Waals surface area contributed by atoms with E-state index >= 15 is 0 Å². The zero-order valence-electron chi connectivity index (χ0n) is 18.6. The number of benzene rings is 3. The maximum atomic E-state index is 13.1. The van der Waals surface area contributed by atoms with Crippen LogP contribution in [0.25, 0.3) is 22.1 Å². The smallest absolute Gasteiger partial charge is 0.200 e. The van der Waals surface area contributed by atoms with Gasteiger partial charge >= 0.3 is 0 Å². The molecule has 0 radical (unpaired) electrons. The Morgan fingerprint density at radius 2 is 1.68 bits per heavy atom. The summed E-state index contributed by atoms with van der Waals surface area (Å²) >= 11 is 0. The van der Waals surface area contributed by atoms with Gasteiger partial charge in [-0.3, -0.25) is 9.69 Å². The average Bonchev–Trinajstić information content (AvgIpc) is 2.86. The van der Waals surface area contributed by atoms with Crippen molar-refractivity contribution in [1.29, 1.82) is 0 Å². The molecule has 0 amide bonds. The molecule has 1 saturated heterocycles. The monoisotopic (exact) mass is 460 g/mol. The number of anilines is 1. The van der Waals surface area contributed by atoms with Crippen LogP contribution < -0.4 is 15.1 Å². The minimum atomic E-state index is -0.217. The quantitative estimate of drug-likeness (QED) is 0.457. The lowest BCUT2D eigenvalue weighted by molar-refractivity contribution is 0.200. The Morgan fingerprint density at radius 1 is 0.941 bits per heavy atom. The SMILES string of the molecule is O=c1c(-c2ccc(O)cc2)coc2cc(OCCN3CCN(c4ccc(F)cc4)CC3)ccc12. The van der Waals surface area contributed by atoms with Crippen molar-refractivity contribution in [3.63, 3.8) is 0 Å².